The monoisotopic (exact) mass is 269 g/mol. The van der Waals surface area contributed by atoms with Gasteiger partial charge in [0.25, 0.3) is 0 Å². The van der Waals surface area contributed by atoms with Crippen LogP contribution in [0.3, 0.4) is 0 Å². The van der Waals surface area contributed by atoms with Gasteiger partial charge in [0.05, 0.1) is 16.5 Å². The Morgan fingerprint density at radius 1 is 1.72 bits per heavy atom. The van der Waals surface area contributed by atoms with Gasteiger partial charge in [0.1, 0.15) is 6.54 Å². The van der Waals surface area contributed by atoms with E-state index in [4.69, 9.17) is 23.1 Å². The summed E-state index contributed by atoms with van der Waals surface area (Å²) in [5.41, 5.74) is -0.390. The van der Waals surface area contributed by atoms with Crippen LogP contribution in [-0.4, -0.2) is 34.1 Å². The lowest BCUT2D eigenvalue weighted by Gasteiger charge is -2.18. The number of nitro groups is 1. The van der Waals surface area contributed by atoms with E-state index < -0.39 is 17.4 Å². The molecule has 1 aromatic heterocycles. The summed E-state index contributed by atoms with van der Waals surface area (Å²) >= 11 is 5.61. The van der Waals surface area contributed by atoms with Crippen molar-refractivity contribution in [3.8, 4) is 12.3 Å². The quantitative estimate of drug-likeness (QED) is 0.489. The van der Waals surface area contributed by atoms with Crippen molar-refractivity contribution in [2.75, 3.05) is 18.0 Å². The highest BCUT2D eigenvalue weighted by Gasteiger charge is 2.22. The van der Waals surface area contributed by atoms with Crippen LogP contribution in [0.15, 0.2) is 12.3 Å². The fourth-order valence-corrected chi connectivity index (χ4v) is 1.43. The third kappa shape index (κ3) is 3.33. The molecule has 1 aromatic rings. The second-order valence-corrected chi connectivity index (χ2v) is 3.64. The Bertz CT molecular complexity index is 526. The van der Waals surface area contributed by atoms with Gasteiger partial charge in [-0.2, -0.15) is 0 Å². The molecule has 0 aromatic carbocycles. The third-order valence-corrected chi connectivity index (χ3v) is 2.13. The first-order chi connectivity index (χ1) is 8.45. The molecule has 8 heteroatoms. The Morgan fingerprint density at radius 3 is 2.89 bits per heavy atom. The van der Waals surface area contributed by atoms with Gasteiger partial charge in [0, 0.05) is 12.3 Å². The van der Waals surface area contributed by atoms with Crippen LogP contribution in [0, 0.1) is 22.5 Å². The molecule has 7 nitrogen and oxygen atoms in total. The van der Waals surface area contributed by atoms with Crippen molar-refractivity contribution >= 4 is 29.1 Å². The Morgan fingerprint density at radius 2 is 2.39 bits per heavy atom. The van der Waals surface area contributed by atoms with E-state index in [9.17, 15) is 14.9 Å². The van der Waals surface area contributed by atoms with Crippen molar-refractivity contribution in [3.63, 3.8) is 0 Å². The van der Waals surface area contributed by atoms with E-state index in [1.165, 1.54) is 6.20 Å². The summed E-state index contributed by atoms with van der Waals surface area (Å²) in [7, 11) is 0. The molecule has 0 unspecified atom stereocenters. The number of rotatable bonds is 5. The van der Waals surface area contributed by atoms with Crippen LogP contribution in [0.25, 0.3) is 0 Å². The van der Waals surface area contributed by atoms with E-state index in [2.05, 4.69) is 10.9 Å². The largest absolute Gasteiger partial charge is 0.480 e. The first-order valence-corrected chi connectivity index (χ1v) is 5.03. The Balaban J connectivity index is 3.22. The van der Waals surface area contributed by atoms with Gasteiger partial charge in [-0.15, -0.1) is 6.42 Å². The summed E-state index contributed by atoms with van der Waals surface area (Å²) in [6, 6.07) is 1.09. The second kappa shape index (κ2) is 5.84. The molecule has 1 heterocycles. The molecule has 18 heavy (non-hydrogen) atoms. The number of carboxylic acid groups (broad SMARTS) is 1. The molecular weight excluding hydrogens is 262 g/mol. The van der Waals surface area contributed by atoms with E-state index in [1.54, 1.807) is 0 Å². The number of hydrogen-bond acceptors (Lipinski definition) is 5. The van der Waals surface area contributed by atoms with Crippen molar-refractivity contribution in [3.05, 3.63) is 27.4 Å². The van der Waals surface area contributed by atoms with Crippen LogP contribution < -0.4 is 4.90 Å². The first kappa shape index (κ1) is 13.7. The average molecular weight is 270 g/mol. The van der Waals surface area contributed by atoms with Crippen molar-refractivity contribution < 1.29 is 14.8 Å². The minimum atomic E-state index is -1.17. The normalized spacial score (nSPS) is 9.56. The molecule has 1 N–H and O–H groups in total. The average Bonchev–Trinajstić information content (AvgIpc) is 2.27. The Labute approximate surface area is 107 Å². The van der Waals surface area contributed by atoms with Crippen LogP contribution in [0.4, 0.5) is 11.5 Å². The lowest BCUT2D eigenvalue weighted by molar-refractivity contribution is -0.384. The molecule has 0 fully saturated rings. The fraction of sp³-hybridized carbons (Fsp3) is 0.200. The number of nitrogens with zero attached hydrogens (tertiary/aromatic N) is 3. The van der Waals surface area contributed by atoms with Gasteiger partial charge in [0.2, 0.25) is 5.82 Å². The summed E-state index contributed by atoms with van der Waals surface area (Å²) in [4.78, 5) is 25.7. The van der Waals surface area contributed by atoms with Gasteiger partial charge >= 0.3 is 11.7 Å². The molecule has 0 atom stereocenters. The van der Waals surface area contributed by atoms with Gasteiger partial charge < -0.3 is 10.0 Å². The number of terminal acetylenes is 1. The molecule has 0 saturated heterocycles. The van der Waals surface area contributed by atoms with E-state index in [-0.39, 0.29) is 23.1 Å². The second-order valence-electron chi connectivity index (χ2n) is 3.21. The Kier molecular flexibility index (Phi) is 4.45. The molecule has 0 spiro atoms. The van der Waals surface area contributed by atoms with Gasteiger partial charge in [-0.05, 0) is 0 Å². The summed E-state index contributed by atoms with van der Waals surface area (Å²) in [6.45, 7) is -0.596. The maximum absolute atomic E-state index is 10.8. The minimum Gasteiger partial charge on any atom is -0.480 e. The van der Waals surface area contributed by atoms with Crippen LogP contribution in [0.1, 0.15) is 0 Å². The summed E-state index contributed by atoms with van der Waals surface area (Å²) in [5, 5.41) is 19.7. The van der Waals surface area contributed by atoms with E-state index in [1.807, 2.05) is 0 Å². The van der Waals surface area contributed by atoms with Crippen LogP contribution in [-0.2, 0) is 4.79 Å². The summed E-state index contributed by atoms with van der Waals surface area (Å²) in [6.07, 6.45) is 6.28. The van der Waals surface area contributed by atoms with Gasteiger partial charge in [0.15, 0.2) is 0 Å². The number of hydrogen-bond donors (Lipinski definition) is 1. The van der Waals surface area contributed by atoms with Crippen molar-refractivity contribution in [2.24, 2.45) is 0 Å². The van der Waals surface area contributed by atoms with Gasteiger partial charge in [-0.25, -0.2) is 4.98 Å². The van der Waals surface area contributed by atoms with Crippen molar-refractivity contribution in [1.82, 2.24) is 4.98 Å². The molecular formula is C10H8ClN3O4. The van der Waals surface area contributed by atoms with Crippen LogP contribution in [0.2, 0.25) is 5.02 Å². The number of halogens is 1. The zero-order chi connectivity index (χ0) is 13.7. The van der Waals surface area contributed by atoms with Crippen LogP contribution >= 0.6 is 11.6 Å². The highest BCUT2D eigenvalue weighted by molar-refractivity contribution is 6.30. The van der Waals surface area contributed by atoms with E-state index in [0.29, 0.717) is 0 Å². The maximum Gasteiger partial charge on any atom is 0.323 e. The molecule has 0 saturated carbocycles. The first-order valence-electron chi connectivity index (χ1n) is 4.66. The lowest BCUT2D eigenvalue weighted by Crippen LogP contribution is -2.31. The van der Waals surface area contributed by atoms with Crippen molar-refractivity contribution in [1.29, 1.82) is 0 Å². The molecule has 0 aliphatic rings. The highest BCUT2D eigenvalue weighted by atomic mass is 35.5. The Hall–Kier alpha value is -2.33. The molecule has 0 aliphatic heterocycles. The van der Waals surface area contributed by atoms with Gasteiger partial charge in [-0.1, -0.05) is 17.5 Å². The molecule has 0 bridgehead atoms. The third-order valence-electron chi connectivity index (χ3n) is 1.92. The SMILES string of the molecule is C#CCN(CC(=O)O)c1ncc(Cl)cc1[N+](=O)[O-]. The fourth-order valence-electron chi connectivity index (χ4n) is 1.28. The molecule has 0 amide bonds. The number of carboxylic acids is 1. The van der Waals surface area contributed by atoms with Crippen LogP contribution in [0.5, 0.6) is 0 Å². The number of anilines is 1. The summed E-state index contributed by atoms with van der Waals surface area (Å²) in [5.74, 6) is 0.929. The number of pyridine rings is 1. The molecule has 0 radical (unpaired) electrons. The number of aliphatic carboxylic acids is 1. The minimum absolute atomic E-state index is 0.0847. The molecule has 0 aliphatic carbocycles. The summed E-state index contributed by atoms with van der Waals surface area (Å²) < 4.78 is 0. The smallest absolute Gasteiger partial charge is 0.323 e. The topological polar surface area (TPSA) is 96.6 Å². The zero-order valence-corrected chi connectivity index (χ0v) is 9.79. The number of aromatic nitrogens is 1. The predicted octanol–water partition coefficient (Wildman–Crippen LogP) is 1.17. The van der Waals surface area contributed by atoms with Gasteiger partial charge in [-0.3, -0.25) is 14.9 Å². The molecule has 94 valence electrons. The number of carbonyl (C=O) groups is 1. The maximum atomic E-state index is 10.8. The predicted molar refractivity (Wildman–Crippen MR) is 64.6 cm³/mol. The lowest BCUT2D eigenvalue weighted by atomic mass is 10.3. The highest BCUT2D eigenvalue weighted by Crippen LogP contribution is 2.27. The van der Waals surface area contributed by atoms with E-state index >= 15 is 0 Å². The van der Waals surface area contributed by atoms with Crippen molar-refractivity contribution in [2.45, 2.75) is 0 Å². The molecule has 1 rings (SSSR count). The van der Waals surface area contributed by atoms with E-state index in [0.717, 1.165) is 11.0 Å². The zero-order valence-electron chi connectivity index (χ0n) is 9.04. The standard InChI is InChI=1S/C10H8ClN3O4/c1-2-3-13(6-9(15)16)10-8(14(17)18)4-7(11)5-12-10/h1,4-5H,3,6H2,(H,15,16).